The molecular formula is C21H19F4N3O3. The first kappa shape index (κ1) is 22.3. The smallest absolute Gasteiger partial charge is 0.416 e. The Bertz CT molecular complexity index is 1000. The number of amides is 1. The molecular weight excluding hydrogens is 418 g/mol. The number of rotatable bonds is 9. The van der Waals surface area contributed by atoms with Gasteiger partial charge in [-0.3, -0.25) is 4.79 Å². The minimum atomic E-state index is -4.44. The molecule has 0 fully saturated rings. The molecule has 6 nitrogen and oxygen atoms in total. The highest BCUT2D eigenvalue weighted by Crippen LogP contribution is 2.31. The fourth-order valence-corrected chi connectivity index (χ4v) is 2.68. The summed E-state index contributed by atoms with van der Waals surface area (Å²) in [6.07, 6.45) is -3.38. The molecule has 0 aliphatic heterocycles. The second-order valence-electron chi connectivity index (χ2n) is 6.60. The largest absolute Gasteiger partial charge is 0.492 e. The molecule has 0 radical (unpaired) electrons. The van der Waals surface area contributed by atoms with Crippen LogP contribution in [0.4, 0.5) is 17.6 Å². The number of benzene rings is 2. The van der Waals surface area contributed by atoms with Crippen molar-refractivity contribution < 1.29 is 31.6 Å². The fraction of sp³-hybridized carbons (Fsp3) is 0.286. The van der Waals surface area contributed by atoms with E-state index in [2.05, 4.69) is 15.5 Å². The molecule has 3 rings (SSSR count). The van der Waals surface area contributed by atoms with Gasteiger partial charge in [0.05, 0.1) is 12.1 Å². The molecule has 0 aliphatic carbocycles. The molecule has 1 amide bonds. The molecule has 0 saturated carbocycles. The molecule has 2 aromatic carbocycles. The first-order valence-electron chi connectivity index (χ1n) is 9.46. The molecule has 31 heavy (non-hydrogen) atoms. The summed E-state index contributed by atoms with van der Waals surface area (Å²) < 4.78 is 61.3. The van der Waals surface area contributed by atoms with Gasteiger partial charge in [-0.15, -0.1) is 0 Å². The number of halogens is 4. The summed E-state index contributed by atoms with van der Waals surface area (Å²) in [6.45, 7) is 0.197. The molecule has 10 heteroatoms. The highest BCUT2D eigenvalue weighted by atomic mass is 19.4. The molecule has 0 atom stereocenters. The average Bonchev–Trinajstić information content (AvgIpc) is 3.20. The first-order valence-corrected chi connectivity index (χ1v) is 9.46. The van der Waals surface area contributed by atoms with Crippen molar-refractivity contribution in [3.63, 3.8) is 0 Å². The van der Waals surface area contributed by atoms with Gasteiger partial charge in [0, 0.05) is 18.4 Å². The summed E-state index contributed by atoms with van der Waals surface area (Å²) in [5.41, 5.74) is -0.174. The minimum absolute atomic E-state index is 0.0394. The Balaban J connectivity index is 1.34. The van der Waals surface area contributed by atoms with Gasteiger partial charge in [0.25, 0.3) is 0 Å². The molecule has 0 bridgehead atoms. The van der Waals surface area contributed by atoms with E-state index in [1.54, 1.807) is 12.1 Å². The number of alkyl halides is 3. The van der Waals surface area contributed by atoms with Crippen LogP contribution in [0.1, 0.15) is 24.3 Å². The highest BCUT2D eigenvalue weighted by molar-refractivity contribution is 5.75. The van der Waals surface area contributed by atoms with Gasteiger partial charge >= 0.3 is 6.18 Å². The van der Waals surface area contributed by atoms with E-state index in [4.69, 9.17) is 9.26 Å². The number of aryl methyl sites for hydroxylation is 1. The number of nitrogens with one attached hydrogen (secondary N) is 1. The number of aromatic nitrogens is 2. The molecule has 1 aromatic heterocycles. The minimum Gasteiger partial charge on any atom is -0.492 e. The highest BCUT2D eigenvalue weighted by Gasteiger charge is 2.30. The molecule has 0 spiro atoms. The van der Waals surface area contributed by atoms with E-state index in [-0.39, 0.29) is 37.0 Å². The zero-order chi connectivity index (χ0) is 22.3. The SMILES string of the molecule is O=C(CCCc1nc(-c2ccc(F)cc2)no1)NCCOc1cccc(C(F)(F)F)c1. The Morgan fingerprint density at radius 2 is 1.90 bits per heavy atom. The second-order valence-corrected chi connectivity index (χ2v) is 6.60. The van der Waals surface area contributed by atoms with Crippen molar-refractivity contribution >= 4 is 5.91 Å². The Kier molecular flexibility index (Phi) is 7.22. The first-order chi connectivity index (χ1) is 14.8. The third-order valence-corrected chi connectivity index (χ3v) is 4.22. The lowest BCUT2D eigenvalue weighted by molar-refractivity contribution is -0.137. The maximum absolute atomic E-state index is 13.0. The number of nitrogens with zero attached hydrogens (tertiary/aromatic N) is 2. The number of hydrogen-bond acceptors (Lipinski definition) is 5. The third-order valence-electron chi connectivity index (χ3n) is 4.22. The monoisotopic (exact) mass is 437 g/mol. The quantitative estimate of drug-likeness (QED) is 0.396. The van der Waals surface area contributed by atoms with Crippen molar-refractivity contribution in [3.05, 3.63) is 65.8 Å². The standard InChI is InChI=1S/C21H19F4N3O3/c22-16-9-7-14(8-10-16)20-27-19(31-28-20)6-2-5-18(29)26-11-12-30-17-4-1-3-15(13-17)21(23,24)25/h1,3-4,7-10,13H,2,5-6,11-12H2,(H,26,29). The van der Waals surface area contributed by atoms with Crippen LogP contribution in [0.2, 0.25) is 0 Å². The van der Waals surface area contributed by atoms with E-state index in [0.717, 1.165) is 12.1 Å². The van der Waals surface area contributed by atoms with E-state index < -0.39 is 11.7 Å². The Labute approximate surface area is 175 Å². The van der Waals surface area contributed by atoms with Crippen LogP contribution in [0.25, 0.3) is 11.4 Å². The van der Waals surface area contributed by atoms with Gasteiger partial charge in [-0.25, -0.2) is 4.39 Å². The van der Waals surface area contributed by atoms with Crippen LogP contribution >= 0.6 is 0 Å². The number of hydrogen-bond donors (Lipinski definition) is 1. The second kappa shape index (κ2) is 10.1. The zero-order valence-electron chi connectivity index (χ0n) is 16.3. The molecule has 1 heterocycles. The van der Waals surface area contributed by atoms with Crippen LogP contribution in [-0.2, 0) is 17.4 Å². The number of carbonyl (C=O) groups excluding carboxylic acids is 1. The van der Waals surface area contributed by atoms with Gasteiger partial charge in [-0.05, 0) is 48.9 Å². The summed E-state index contributed by atoms with van der Waals surface area (Å²) in [5.74, 6) is 0.188. The normalized spacial score (nSPS) is 11.4. The lowest BCUT2D eigenvalue weighted by Gasteiger charge is -2.10. The number of carbonyl (C=O) groups is 1. The lowest BCUT2D eigenvalue weighted by Crippen LogP contribution is -2.27. The topological polar surface area (TPSA) is 77.2 Å². The van der Waals surface area contributed by atoms with Crippen molar-refractivity contribution in [3.8, 4) is 17.1 Å². The molecule has 0 unspecified atom stereocenters. The van der Waals surface area contributed by atoms with Crippen molar-refractivity contribution in [1.29, 1.82) is 0 Å². The predicted octanol–water partition coefficient (Wildman–Crippen LogP) is 4.41. The lowest BCUT2D eigenvalue weighted by atomic mass is 10.2. The fourth-order valence-electron chi connectivity index (χ4n) is 2.68. The molecule has 1 N–H and O–H groups in total. The summed E-state index contributed by atoms with van der Waals surface area (Å²) >= 11 is 0. The van der Waals surface area contributed by atoms with Gasteiger partial charge in [0.2, 0.25) is 17.6 Å². The number of ether oxygens (including phenoxy) is 1. The maximum atomic E-state index is 13.0. The van der Waals surface area contributed by atoms with Crippen LogP contribution in [-0.4, -0.2) is 29.2 Å². The van der Waals surface area contributed by atoms with E-state index in [9.17, 15) is 22.4 Å². The van der Waals surface area contributed by atoms with Gasteiger partial charge in [-0.1, -0.05) is 11.2 Å². The van der Waals surface area contributed by atoms with Gasteiger partial charge in [0.15, 0.2) is 0 Å². The summed E-state index contributed by atoms with van der Waals surface area (Å²) in [7, 11) is 0. The summed E-state index contributed by atoms with van der Waals surface area (Å²) in [4.78, 5) is 16.1. The van der Waals surface area contributed by atoms with E-state index in [0.29, 0.717) is 30.1 Å². The van der Waals surface area contributed by atoms with Crippen LogP contribution in [0.3, 0.4) is 0 Å². The van der Waals surface area contributed by atoms with Crippen molar-refractivity contribution in [2.24, 2.45) is 0 Å². The summed E-state index contributed by atoms with van der Waals surface area (Å²) in [5, 5.41) is 6.46. The van der Waals surface area contributed by atoms with Crippen molar-refractivity contribution in [2.75, 3.05) is 13.2 Å². The Morgan fingerprint density at radius 3 is 2.65 bits per heavy atom. The Morgan fingerprint density at radius 1 is 1.13 bits per heavy atom. The van der Waals surface area contributed by atoms with E-state index in [1.807, 2.05) is 0 Å². The van der Waals surface area contributed by atoms with Crippen LogP contribution in [0.5, 0.6) is 5.75 Å². The van der Waals surface area contributed by atoms with Crippen LogP contribution in [0.15, 0.2) is 53.1 Å². The maximum Gasteiger partial charge on any atom is 0.416 e. The van der Waals surface area contributed by atoms with Crippen molar-refractivity contribution in [2.45, 2.75) is 25.4 Å². The van der Waals surface area contributed by atoms with Crippen molar-refractivity contribution in [1.82, 2.24) is 15.5 Å². The summed E-state index contributed by atoms with van der Waals surface area (Å²) in [6, 6.07) is 10.2. The van der Waals surface area contributed by atoms with E-state index in [1.165, 1.54) is 24.3 Å². The predicted molar refractivity (Wildman–Crippen MR) is 103 cm³/mol. The van der Waals surface area contributed by atoms with Gasteiger partial charge in [0.1, 0.15) is 18.2 Å². The average molecular weight is 437 g/mol. The van der Waals surface area contributed by atoms with E-state index >= 15 is 0 Å². The Hall–Kier alpha value is -3.43. The molecule has 0 saturated heterocycles. The van der Waals surface area contributed by atoms with Crippen LogP contribution < -0.4 is 10.1 Å². The van der Waals surface area contributed by atoms with Gasteiger partial charge in [-0.2, -0.15) is 18.2 Å². The third kappa shape index (κ3) is 6.80. The zero-order valence-corrected chi connectivity index (χ0v) is 16.3. The van der Waals surface area contributed by atoms with Crippen LogP contribution in [0, 0.1) is 5.82 Å². The molecule has 0 aliphatic rings. The molecule has 164 valence electrons. The molecule has 3 aromatic rings. The van der Waals surface area contributed by atoms with Gasteiger partial charge < -0.3 is 14.6 Å².